The molecule has 1 aliphatic heterocycles. The van der Waals surface area contributed by atoms with Crippen LogP contribution in [0.1, 0.15) is 23.6 Å². The van der Waals surface area contributed by atoms with Crippen molar-refractivity contribution < 1.29 is 19.1 Å². The molecule has 1 aliphatic rings. The first-order chi connectivity index (χ1) is 14.3. The lowest BCUT2D eigenvalue weighted by molar-refractivity contribution is -0.127. The quantitative estimate of drug-likeness (QED) is 0.569. The van der Waals surface area contributed by atoms with Crippen LogP contribution in [0.5, 0.6) is 5.75 Å². The van der Waals surface area contributed by atoms with Crippen LogP contribution in [-0.2, 0) is 9.59 Å². The van der Waals surface area contributed by atoms with Crippen LogP contribution < -0.4 is 10.1 Å². The van der Waals surface area contributed by atoms with Gasteiger partial charge >= 0.3 is 0 Å². The minimum Gasteiger partial charge on any atom is -0.493 e. The number of carbonyl (C=O) groups is 3. The summed E-state index contributed by atoms with van der Waals surface area (Å²) in [6, 6.07) is 11.1. The Balaban J connectivity index is 1.70. The zero-order valence-electron chi connectivity index (χ0n) is 16.8. The summed E-state index contributed by atoms with van der Waals surface area (Å²) in [6.45, 7) is 5.96. The average molecular weight is 489 g/mol. The summed E-state index contributed by atoms with van der Waals surface area (Å²) in [4.78, 5) is 38.6. The highest BCUT2D eigenvalue weighted by Crippen LogP contribution is 2.34. The van der Waals surface area contributed by atoms with Crippen molar-refractivity contribution in [2.45, 2.75) is 20.8 Å². The topological polar surface area (TPSA) is 75.7 Å². The fourth-order valence-electron chi connectivity index (χ4n) is 2.95. The second-order valence-corrected chi connectivity index (χ2v) is 8.60. The van der Waals surface area contributed by atoms with Crippen LogP contribution in [0.25, 0.3) is 6.08 Å². The van der Waals surface area contributed by atoms with Gasteiger partial charge in [0.2, 0.25) is 5.91 Å². The largest absolute Gasteiger partial charge is 0.493 e. The van der Waals surface area contributed by atoms with Crippen LogP contribution in [0.2, 0.25) is 0 Å². The van der Waals surface area contributed by atoms with Gasteiger partial charge in [0.1, 0.15) is 12.3 Å². The molecule has 6 nitrogen and oxygen atoms in total. The van der Waals surface area contributed by atoms with Crippen molar-refractivity contribution >= 4 is 56.5 Å². The van der Waals surface area contributed by atoms with Gasteiger partial charge in [0.15, 0.2) is 0 Å². The Morgan fingerprint density at radius 1 is 1.20 bits per heavy atom. The van der Waals surface area contributed by atoms with E-state index in [9.17, 15) is 14.4 Å². The molecule has 30 heavy (non-hydrogen) atoms. The van der Waals surface area contributed by atoms with E-state index in [2.05, 4.69) is 21.2 Å². The number of ether oxygens (including phenoxy) is 1. The van der Waals surface area contributed by atoms with Gasteiger partial charge in [0, 0.05) is 5.69 Å². The third kappa shape index (κ3) is 5.12. The SMILES string of the molecule is CCOc1ccc(/C=C2\SC(=O)N(CC(=O)Nc3ccc(C)cc3C)C2=O)cc1Br. The molecule has 0 aliphatic carbocycles. The van der Waals surface area contributed by atoms with E-state index in [4.69, 9.17) is 4.74 Å². The Morgan fingerprint density at radius 2 is 1.97 bits per heavy atom. The molecule has 1 fully saturated rings. The van der Waals surface area contributed by atoms with Gasteiger partial charge in [-0.15, -0.1) is 0 Å². The normalized spacial score (nSPS) is 15.1. The Bertz CT molecular complexity index is 1050. The van der Waals surface area contributed by atoms with E-state index in [1.54, 1.807) is 24.3 Å². The van der Waals surface area contributed by atoms with Crippen molar-refractivity contribution in [2.75, 3.05) is 18.5 Å². The van der Waals surface area contributed by atoms with E-state index in [0.29, 0.717) is 18.0 Å². The number of aryl methyl sites for hydroxylation is 2. The van der Waals surface area contributed by atoms with Gasteiger partial charge in [-0.3, -0.25) is 19.3 Å². The van der Waals surface area contributed by atoms with Crippen molar-refractivity contribution in [3.8, 4) is 5.75 Å². The third-order valence-corrected chi connectivity index (χ3v) is 5.91. The molecule has 0 atom stereocenters. The zero-order chi connectivity index (χ0) is 21.8. The number of rotatable bonds is 6. The van der Waals surface area contributed by atoms with Gasteiger partial charge in [-0.05, 0) is 83.9 Å². The number of thioether (sulfide) groups is 1. The summed E-state index contributed by atoms with van der Waals surface area (Å²) in [5.74, 6) is -0.203. The predicted molar refractivity (Wildman–Crippen MR) is 123 cm³/mol. The predicted octanol–water partition coefficient (Wildman–Crippen LogP) is 5.14. The third-order valence-electron chi connectivity index (χ3n) is 4.38. The lowest BCUT2D eigenvalue weighted by Crippen LogP contribution is -2.36. The van der Waals surface area contributed by atoms with Gasteiger partial charge in [0.05, 0.1) is 16.0 Å². The van der Waals surface area contributed by atoms with Crippen molar-refractivity contribution in [3.63, 3.8) is 0 Å². The molecule has 0 bridgehead atoms. The summed E-state index contributed by atoms with van der Waals surface area (Å²) in [6.07, 6.45) is 1.63. The highest BCUT2D eigenvalue weighted by Gasteiger charge is 2.36. The molecule has 0 unspecified atom stereocenters. The molecule has 0 spiro atoms. The molecule has 1 heterocycles. The maximum absolute atomic E-state index is 12.7. The fraction of sp³-hybridized carbons (Fsp3) is 0.227. The maximum atomic E-state index is 12.7. The van der Waals surface area contributed by atoms with E-state index in [-0.39, 0.29) is 11.4 Å². The summed E-state index contributed by atoms with van der Waals surface area (Å²) in [5, 5.41) is 2.30. The maximum Gasteiger partial charge on any atom is 0.294 e. The summed E-state index contributed by atoms with van der Waals surface area (Å²) in [5.41, 5.74) is 3.41. The number of hydrogen-bond donors (Lipinski definition) is 1. The second kappa shape index (κ2) is 9.49. The van der Waals surface area contributed by atoms with Gasteiger partial charge < -0.3 is 10.1 Å². The summed E-state index contributed by atoms with van der Waals surface area (Å²) in [7, 11) is 0. The Morgan fingerprint density at radius 3 is 2.63 bits per heavy atom. The highest BCUT2D eigenvalue weighted by molar-refractivity contribution is 9.10. The van der Waals surface area contributed by atoms with Crippen molar-refractivity contribution in [2.24, 2.45) is 0 Å². The van der Waals surface area contributed by atoms with Crippen LogP contribution in [-0.4, -0.2) is 35.1 Å². The Kier molecular flexibility index (Phi) is 6.99. The first-order valence-electron chi connectivity index (χ1n) is 9.33. The van der Waals surface area contributed by atoms with Crippen molar-refractivity contribution in [1.82, 2.24) is 4.90 Å². The minimum atomic E-state index is -0.481. The molecular formula is C22H21BrN2O4S. The lowest BCUT2D eigenvalue weighted by Gasteiger charge is -2.14. The molecular weight excluding hydrogens is 468 g/mol. The van der Waals surface area contributed by atoms with Crippen molar-refractivity contribution in [3.05, 3.63) is 62.5 Å². The first-order valence-corrected chi connectivity index (χ1v) is 10.9. The van der Waals surface area contributed by atoms with Crippen LogP contribution in [0, 0.1) is 13.8 Å². The van der Waals surface area contributed by atoms with Crippen LogP contribution in [0.4, 0.5) is 10.5 Å². The van der Waals surface area contributed by atoms with E-state index >= 15 is 0 Å². The number of anilines is 1. The monoisotopic (exact) mass is 488 g/mol. The van der Waals surface area contributed by atoms with Crippen LogP contribution in [0.3, 0.4) is 0 Å². The molecule has 2 aromatic rings. The molecule has 3 rings (SSSR count). The van der Waals surface area contributed by atoms with E-state index < -0.39 is 17.1 Å². The molecule has 1 N–H and O–H groups in total. The minimum absolute atomic E-state index is 0.273. The first kappa shape index (κ1) is 22.1. The number of hydrogen-bond acceptors (Lipinski definition) is 5. The van der Waals surface area contributed by atoms with Crippen LogP contribution in [0.15, 0.2) is 45.8 Å². The van der Waals surface area contributed by atoms with E-state index in [1.165, 1.54) is 0 Å². The molecule has 0 radical (unpaired) electrons. The number of imide groups is 1. The number of nitrogens with one attached hydrogen (secondary N) is 1. The summed E-state index contributed by atoms with van der Waals surface area (Å²) < 4.78 is 6.23. The number of benzene rings is 2. The lowest BCUT2D eigenvalue weighted by atomic mass is 10.1. The van der Waals surface area contributed by atoms with Crippen LogP contribution >= 0.6 is 27.7 Å². The molecule has 8 heteroatoms. The molecule has 3 amide bonds. The standard InChI is InChI=1S/C22H21BrN2O4S/c1-4-29-18-8-6-15(10-16(18)23)11-19-21(27)25(22(28)30-19)12-20(26)24-17-7-5-13(2)9-14(17)3/h5-11H,4,12H2,1-3H3,(H,24,26)/b19-11-. The number of carbonyl (C=O) groups excluding carboxylic acids is 3. The summed E-state index contributed by atoms with van der Waals surface area (Å²) >= 11 is 4.26. The van der Waals surface area contributed by atoms with E-state index in [0.717, 1.165) is 37.8 Å². The molecule has 2 aromatic carbocycles. The van der Waals surface area contributed by atoms with Gasteiger partial charge in [0.25, 0.3) is 11.1 Å². The molecule has 156 valence electrons. The van der Waals surface area contributed by atoms with Crippen molar-refractivity contribution in [1.29, 1.82) is 0 Å². The highest BCUT2D eigenvalue weighted by atomic mass is 79.9. The molecule has 1 saturated heterocycles. The molecule has 0 saturated carbocycles. The number of halogens is 1. The van der Waals surface area contributed by atoms with E-state index in [1.807, 2.05) is 39.0 Å². The number of nitrogens with zero attached hydrogens (tertiary/aromatic N) is 1. The number of amides is 3. The second-order valence-electron chi connectivity index (χ2n) is 6.76. The Labute approximate surface area is 187 Å². The molecule has 0 aromatic heterocycles. The fourth-order valence-corrected chi connectivity index (χ4v) is 4.30. The van der Waals surface area contributed by atoms with Gasteiger partial charge in [-0.25, -0.2) is 0 Å². The van der Waals surface area contributed by atoms with Gasteiger partial charge in [-0.1, -0.05) is 23.8 Å². The van der Waals surface area contributed by atoms with Gasteiger partial charge in [-0.2, -0.15) is 0 Å². The zero-order valence-corrected chi connectivity index (χ0v) is 19.2. The Hall–Kier alpha value is -2.58. The average Bonchev–Trinajstić information content (AvgIpc) is 2.94. The smallest absolute Gasteiger partial charge is 0.294 e.